The van der Waals surface area contributed by atoms with E-state index in [2.05, 4.69) is 25.9 Å². The summed E-state index contributed by atoms with van der Waals surface area (Å²) in [7, 11) is 0. The van der Waals surface area contributed by atoms with Crippen molar-refractivity contribution >= 4 is 17.8 Å². The van der Waals surface area contributed by atoms with Crippen LogP contribution >= 0.6 is 0 Å². The van der Waals surface area contributed by atoms with Gasteiger partial charge in [0.15, 0.2) is 0 Å². The molecule has 0 spiro atoms. The maximum atomic E-state index is 12.3. The maximum Gasteiger partial charge on any atom is 0.325 e. The molecule has 3 unspecified atom stereocenters. The van der Waals surface area contributed by atoms with Gasteiger partial charge in [0.1, 0.15) is 12.1 Å². The van der Waals surface area contributed by atoms with Crippen molar-refractivity contribution in [1.82, 2.24) is 25.9 Å². The van der Waals surface area contributed by atoms with Crippen molar-refractivity contribution in [3.8, 4) is 0 Å². The molecule has 5 N–H and O–H groups in total. The number of carbonyl (C=O) groups excluding carboxylic acids is 2. The first-order valence-corrected chi connectivity index (χ1v) is 7.51. The van der Waals surface area contributed by atoms with Gasteiger partial charge in [-0.1, -0.05) is 0 Å². The van der Waals surface area contributed by atoms with E-state index in [1.54, 1.807) is 6.20 Å². The summed E-state index contributed by atoms with van der Waals surface area (Å²) in [4.78, 5) is 42.1. The molecule has 23 heavy (non-hydrogen) atoms. The molecule has 2 heterocycles. The SMILES string of the molecule is CC(NC(=O)C(Cc1cnc[nH]1)NC(=O)C1CCCN1)C(=O)O. The fourth-order valence-corrected chi connectivity index (χ4v) is 2.38. The lowest BCUT2D eigenvalue weighted by atomic mass is 10.1. The highest BCUT2D eigenvalue weighted by atomic mass is 16.4. The number of H-pyrrole nitrogens is 1. The summed E-state index contributed by atoms with van der Waals surface area (Å²) < 4.78 is 0. The summed E-state index contributed by atoms with van der Waals surface area (Å²) in [6.45, 7) is 2.14. The zero-order chi connectivity index (χ0) is 16.8. The molecule has 1 aromatic rings. The van der Waals surface area contributed by atoms with Crippen LogP contribution in [0.4, 0.5) is 0 Å². The summed E-state index contributed by atoms with van der Waals surface area (Å²) in [5.41, 5.74) is 0.674. The molecule has 1 aromatic heterocycles. The number of nitrogens with zero attached hydrogens (tertiary/aromatic N) is 1. The lowest BCUT2D eigenvalue weighted by Gasteiger charge is -2.21. The number of carboxylic acid groups (broad SMARTS) is 1. The van der Waals surface area contributed by atoms with Crippen molar-refractivity contribution in [2.75, 3.05) is 6.54 Å². The highest BCUT2D eigenvalue weighted by molar-refractivity contribution is 5.91. The van der Waals surface area contributed by atoms with Crippen molar-refractivity contribution < 1.29 is 19.5 Å². The van der Waals surface area contributed by atoms with E-state index >= 15 is 0 Å². The number of aliphatic carboxylic acids is 1. The Bertz CT molecular complexity index is 554. The molecule has 0 saturated carbocycles. The van der Waals surface area contributed by atoms with Crippen molar-refractivity contribution in [2.45, 2.75) is 44.3 Å². The van der Waals surface area contributed by atoms with Crippen LogP contribution in [0.5, 0.6) is 0 Å². The number of hydrogen-bond acceptors (Lipinski definition) is 5. The van der Waals surface area contributed by atoms with Gasteiger partial charge in [-0.05, 0) is 26.3 Å². The molecule has 0 radical (unpaired) electrons. The third kappa shape index (κ3) is 4.78. The average molecular weight is 323 g/mol. The Labute approximate surface area is 133 Å². The van der Waals surface area contributed by atoms with Crippen molar-refractivity contribution in [1.29, 1.82) is 0 Å². The third-order valence-electron chi connectivity index (χ3n) is 3.72. The summed E-state index contributed by atoms with van der Waals surface area (Å²) in [6.07, 6.45) is 4.86. The van der Waals surface area contributed by atoms with Gasteiger partial charge in [-0.15, -0.1) is 0 Å². The molecule has 1 fully saturated rings. The van der Waals surface area contributed by atoms with Crippen LogP contribution in [0.3, 0.4) is 0 Å². The van der Waals surface area contributed by atoms with Gasteiger partial charge in [0.25, 0.3) is 0 Å². The largest absolute Gasteiger partial charge is 0.480 e. The summed E-state index contributed by atoms with van der Waals surface area (Å²) in [5.74, 6) is -1.94. The molecule has 1 aliphatic heterocycles. The molecular formula is C14H21N5O4. The second-order valence-electron chi connectivity index (χ2n) is 5.56. The fourth-order valence-electron chi connectivity index (χ4n) is 2.38. The van der Waals surface area contributed by atoms with E-state index in [-0.39, 0.29) is 18.4 Å². The molecule has 0 aliphatic carbocycles. The van der Waals surface area contributed by atoms with Gasteiger partial charge in [0, 0.05) is 18.3 Å². The second-order valence-corrected chi connectivity index (χ2v) is 5.56. The van der Waals surface area contributed by atoms with Crippen LogP contribution in [-0.2, 0) is 20.8 Å². The summed E-state index contributed by atoms with van der Waals surface area (Å²) in [5, 5.41) is 17.0. The molecule has 2 rings (SSSR count). The minimum Gasteiger partial charge on any atom is -0.480 e. The fraction of sp³-hybridized carbons (Fsp3) is 0.571. The van der Waals surface area contributed by atoms with Crippen LogP contribution in [0, 0.1) is 0 Å². The minimum absolute atomic E-state index is 0.205. The van der Waals surface area contributed by atoms with Crippen LogP contribution in [-0.4, -0.2) is 57.5 Å². The van der Waals surface area contributed by atoms with Crippen molar-refractivity contribution in [3.63, 3.8) is 0 Å². The van der Waals surface area contributed by atoms with Crippen LogP contribution < -0.4 is 16.0 Å². The molecule has 9 nitrogen and oxygen atoms in total. The van der Waals surface area contributed by atoms with E-state index in [9.17, 15) is 14.4 Å². The first kappa shape index (κ1) is 16.9. The molecule has 9 heteroatoms. The van der Waals surface area contributed by atoms with Gasteiger partial charge in [-0.3, -0.25) is 14.4 Å². The van der Waals surface area contributed by atoms with Crippen LogP contribution in [0.2, 0.25) is 0 Å². The van der Waals surface area contributed by atoms with E-state index < -0.39 is 24.0 Å². The number of rotatable bonds is 7. The van der Waals surface area contributed by atoms with Gasteiger partial charge in [-0.25, -0.2) is 4.98 Å². The van der Waals surface area contributed by atoms with Crippen LogP contribution in [0.15, 0.2) is 12.5 Å². The molecular weight excluding hydrogens is 302 g/mol. The lowest BCUT2D eigenvalue weighted by molar-refractivity contribution is -0.141. The number of aromatic nitrogens is 2. The number of amides is 2. The van der Waals surface area contributed by atoms with Crippen molar-refractivity contribution in [3.05, 3.63) is 18.2 Å². The molecule has 0 bridgehead atoms. The quantitative estimate of drug-likeness (QED) is 0.426. The molecule has 0 aromatic carbocycles. The van der Waals surface area contributed by atoms with Crippen molar-refractivity contribution in [2.24, 2.45) is 0 Å². The van der Waals surface area contributed by atoms with Gasteiger partial charge >= 0.3 is 5.97 Å². The number of aromatic amines is 1. The lowest BCUT2D eigenvalue weighted by Crippen LogP contribution is -2.54. The third-order valence-corrected chi connectivity index (χ3v) is 3.72. The molecule has 1 aliphatic rings. The Balaban J connectivity index is 2.02. The highest BCUT2D eigenvalue weighted by Gasteiger charge is 2.29. The number of carboxylic acids is 1. The zero-order valence-electron chi connectivity index (χ0n) is 12.8. The predicted molar refractivity (Wildman–Crippen MR) is 80.5 cm³/mol. The first-order valence-electron chi connectivity index (χ1n) is 7.51. The van der Waals surface area contributed by atoms with Gasteiger partial charge in [-0.2, -0.15) is 0 Å². The number of imidazole rings is 1. The van der Waals surface area contributed by atoms with Gasteiger partial charge < -0.3 is 26.0 Å². The smallest absolute Gasteiger partial charge is 0.325 e. The van der Waals surface area contributed by atoms with E-state index in [0.717, 1.165) is 19.4 Å². The Kier molecular flexibility index (Phi) is 5.69. The number of hydrogen-bond donors (Lipinski definition) is 5. The monoisotopic (exact) mass is 323 g/mol. The van der Waals surface area contributed by atoms with Crippen LogP contribution in [0.1, 0.15) is 25.5 Å². The normalized spacial score (nSPS) is 19.8. The summed E-state index contributed by atoms with van der Waals surface area (Å²) >= 11 is 0. The van der Waals surface area contributed by atoms with Crippen LogP contribution in [0.25, 0.3) is 0 Å². The van der Waals surface area contributed by atoms with Gasteiger partial charge in [0.05, 0.1) is 12.4 Å². The topological polar surface area (TPSA) is 136 Å². The number of nitrogens with one attached hydrogen (secondary N) is 4. The predicted octanol–water partition coefficient (Wildman–Crippen LogP) is -1.22. The van der Waals surface area contributed by atoms with E-state index in [1.165, 1.54) is 13.3 Å². The zero-order valence-corrected chi connectivity index (χ0v) is 12.8. The Morgan fingerprint density at radius 2 is 2.22 bits per heavy atom. The molecule has 1 saturated heterocycles. The summed E-state index contributed by atoms with van der Waals surface area (Å²) in [6, 6.07) is -2.22. The van der Waals surface area contributed by atoms with E-state index in [0.29, 0.717) is 5.69 Å². The molecule has 3 atom stereocenters. The Hall–Kier alpha value is -2.42. The standard InChI is InChI=1S/C14H21N5O4/c1-8(14(22)23)18-13(21)11(5-9-6-15-7-17-9)19-12(20)10-3-2-4-16-10/h6-8,10-11,16H,2-5H2,1H3,(H,15,17)(H,18,21)(H,19,20)(H,22,23). The Morgan fingerprint density at radius 1 is 1.43 bits per heavy atom. The average Bonchev–Trinajstić information content (AvgIpc) is 3.19. The Morgan fingerprint density at radius 3 is 2.78 bits per heavy atom. The van der Waals surface area contributed by atoms with E-state index in [1.807, 2.05) is 0 Å². The molecule has 126 valence electrons. The highest BCUT2D eigenvalue weighted by Crippen LogP contribution is 2.06. The molecule has 2 amide bonds. The maximum absolute atomic E-state index is 12.3. The first-order chi connectivity index (χ1) is 11.0. The number of carbonyl (C=O) groups is 3. The van der Waals surface area contributed by atoms with Gasteiger partial charge in [0.2, 0.25) is 11.8 Å². The second kappa shape index (κ2) is 7.73. The minimum atomic E-state index is -1.14. The van der Waals surface area contributed by atoms with E-state index in [4.69, 9.17) is 5.11 Å².